The molecule has 1 heterocycles. The summed E-state index contributed by atoms with van der Waals surface area (Å²) in [6, 6.07) is 4.54. The molecular weight excluding hydrogens is 376 g/mol. The van der Waals surface area contributed by atoms with Crippen LogP contribution in [0, 0.1) is 10.1 Å². The number of nitrogens with one attached hydrogen (secondary N) is 3. The fraction of sp³-hybridized carbons (Fsp3) is 0.462. The lowest BCUT2D eigenvalue weighted by Crippen LogP contribution is -2.49. The number of nitro benzene ring substituents is 1. The van der Waals surface area contributed by atoms with Crippen molar-refractivity contribution in [3.8, 4) is 0 Å². The molecule has 0 saturated carbocycles. The van der Waals surface area contributed by atoms with E-state index in [1.165, 1.54) is 0 Å². The molecule has 0 radical (unpaired) electrons. The Morgan fingerprint density at radius 1 is 1.32 bits per heavy atom. The van der Waals surface area contributed by atoms with E-state index in [1.54, 1.807) is 0 Å². The Balaban J connectivity index is 0.00000312. The number of morpholine rings is 1. The number of sulfonamides is 1. The van der Waals surface area contributed by atoms with Crippen LogP contribution in [0.2, 0.25) is 0 Å². The molecule has 140 valence electrons. The van der Waals surface area contributed by atoms with Gasteiger partial charge in [-0.3, -0.25) is 14.9 Å². The van der Waals surface area contributed by atoms with Crippen LogP contribution in [0.4, 0.5) is 5.69 Å². The van der Waals surface area contributed by atoms with Crippen molar-refractivity contribution in [2.75, 3.05) is 32.8 Å². The van der Waals surface area contributed by atoms with Gasteiger partial charge in [0.05, 0.1) is 16.4 Å². The number of carbonyl (C=O) groups is 1. The van der Waals surface area contributed by atoms with E-state index in [9.17, 15) is 23.3 Å². The van der Waals surface area contributed by atoms with Gasteiger partial charge >= 0.3 is 0 Å². The number of hydrogen-bond donors (Lipinski definition) is 3. The van der Waals surface area contributed by atoms with Gasteiger partial charge in [-0.05, 0) is 12.1 Å². The smallest absolute Gasteiger partial charge is 0.269 e. The summed E-state index contributed by atoms with van der Waals surface area (Å²) in [5.74, 6) is -0.309. The number of rotatable bonds is 7. The van der Waals surface area contributed by atoms with Crippen LogP contribution >= 0.6 is 12.4 Å². The summed E-state index contributed by atoms with van der Waals surface area (Å²) in [5, 5.41) is 16.2. The van der Waals surface area contributed by atoms with Gasteiger partial charge in [0, 0.05) is 38.3 Å². The van der Waals surface area contributed by atoms with Crippen LogP contribution in [-0.4, -0.2) is 58.1 Å². The molecule has 1 unspecified atom stereocenters. The number of nitrogens with zero attached hydrogens (tertiary/aromatic N) is 1. The summed E-state index contributed by atoms with van der Waals surface area (Å²) in [5.41, 5.74) is -0.192. The van der Waals surface area contributed by atoms with Gasteiger partial charge in [0.2, 0.25) is 10.0 Å². The monoisotopic (exact) mass is 394 g/mol. The van der Waals surface area contributed by atoms with Gasteiger partial charge in [0.15, 0.2) is 0 Å². The van der Waals surface area contributed by atoms with Crippen LogP contribution in [0.5, 0.6) is 0 Å². The molecule has 1 atom stereocenters. The van der Waals surface area contributed by atoms with Gasteiger partial charge in [-0.15, -0.1) is 12.4 Å². The Kier molecular flexibility index (Phi) is 8.19. The average molecular weight is 395 g/mol. The van der Waals surface area contributed by atoms with Crippen molar-refractivity contribution in [2.24, 2.45) is 0 Å². The van der Waals surface area contributed by atoms with Crippen LogP contribution in [-0.2, 0) is 19.6 Å². The molecular formula is C13H19ClN4O6S. The molecule has 10 nitrogen and oxygen atoms in total. The Bertz CT molecular complexity index is 691. The van der Waals surface area contributed by atoms with Crippen molar-refractivity contribution < 1.29 is 22.9 Å². The minimum Gasteiger partial charge on any atom is -0.366 e. The second kappa shape index (κ2) is 9.63. The Hall–Kier alpha value is -1.79. The predicted octanol–water partition coefficient (Wildman–Crippen LogP) is -0.600. The number of nitro groups is 1. The van der Waals surface area contributed by atoms with E-state index in [4.69, 9.17) is 4.74 Å². The van der Waals surface area contributed by atoms with Crippen LogP contribution in [0.1, 0.15) is 0 Å². The fourth-order valence-corrected chi connectivity index (χ4v) is 3.08. The molecule has 1 aliphatic heterocycles. The maximum Gasteiger partial charge on any atom is 0.269 e. The van der Waals surface area contributed by atoms with E-state index in [0.717, 1.165) is 24.3 Å². The van der Waals surface area contributed by atoms with Gasteiger partial charge in [-0.2, -0.15) is 0 Å². The molecule has 1 aromatic carbocycles. The maximum atomic E-state index is 12.0. The molecule has 2 rings (SSSR count). The first-order valence-corrected chi connectivity index (χ1v) is 8.72. The maximum absolute atomic E-state index is 12.0. The molecule has 0 spiro atoms. The number of non-ortho nitro benzene ring substituents is 1. The Labute approximate surface area is 150 Å². The largest absolute Gasteiger partial charge is 0.366 e. The van der Waals surface area contributed by atoms with Crippen molar-refractivity contribution in [1.29, 1.82) is 0 Å². The first-order chi connectivity index (χ1) is 11.4. The third-order valence-electron chi connectivity index (χ3n) is 3.29. The fourth-order valence-electron chi connectivity index (χ4n) is 2.05. The predicted molar refractivity (Wildman–Crippen MR) is 91.2 cm³/mol. The third-order valence-corrected chi connectivity index (χ3v) is 4.77. The molecule has 12 heteroatoms. The normalized spacial score (nSPS) is 17.4. The number of halogens is 1. The summed E-state index contributed by atoms with van der Waals surface area (Å²) in [4.78, 5) is 21.6. The molecule has 0 aromatic heterocycles. The zero-order valence-electron chi connectivity index (χ0n) is 13.1. The number of benzene rings is 1. The first kappa shape index (κ1) is 21.3. The van der Waals surface area contributed by atoms with E-state index in [0.29, 0.717) is 19.7 Å². The van der Waals surface area contributed by atoms with Crippen molar-refractivity contribution in [3.63, 3.8) is 0 Å². The molecule has 0 bridgehead atoms. The highest BCUT2D eigenvalue weighted by atomic mass is 35.5. The summed E-state index contributed by atoms with van der Waals surface area (Å²) < 4.78 is 31.6. The quantitative estimate of drug-likeness (QED) is 0.318. The zero-order chi connectivity index (χ0) is 17.6. The van der Waals surface area contributed by atoms with E-state index in [-0.39, 0.29) is 42.0 Å². The highest BCUT2D eigenvalue weighted by molar-refractivity contribution is 7.89. The first-order valence-electron chi connectivity index (χ1n) is 7.24. The Morgan fingerprint density at radius 2 is 2.00 bits per heavy atom. The van der Waals surface area contributed by atoms with Gasteiger partial charge in [-0.25, -0.2) is 13.1 Å². The van der Waals surface area contributed by atoms with Gasteiger partial charge < -0.3 is 15.4 Å². The van der Waals surface area contributed by atoms with Crippen LogP contribution < -0.4 is 15.4 Å². The molecule has 0 aliphatic carbocycles. The van der Waals surface area contributed by atoms with Crippen LogP contribution in [0.15, 0.2) is 29.2 Å². The molecule has 1 saturated heterocycles. The topological polar surface area (TPSA) is 140 Å². The van der Waals surface area contributed by atoms with Crippen molar-refractivity contribution in [3.05, 3.63) is 34.4 Å². The average Bonchev–Trinajstić information content (AvgIpc) is 2.59. The molecule has 1 aromatic rings. The number of hydrogen-bond acceptors (Lipinski definition) is 7. The van der Waals surface area contributed by atoms with E-state index < -0.39 is 21.1 Å². The lowest BCUT2D eigenvalue weighted by molar-refractivity contribution is -0.384. The van der Waals surface area contributed by atoms with E-state index in [1.807, 2.05) is 0 Å². The number of amides is 1. The lowest BCUT2D eigenvalue weighted by Gasteiger charge is -2.22. The second-order valence-electron chi connectivity index (χ2n) is 5.00. The van der Waals surface area contributed by atoms with Crippen LogP contribution in [0.25, 0.3) is 0 Å². The number of ether oxygens (including phenoxy) is 1. The zero-order valence-corrected chi connectivity index (χ0v) is 14.8. The number of carbonyl (C=O) groups excluding carboxylic acids is 1. The highest BCUT2D eigenvalue weighted by Gasteiger charge is 2.21. The summed E-state index contributed by atoms with van der Waals surface area (Å²) in [6.07, 6.45) is -0.579. The minimum absolute atomic E-state index is 0. The molecule has 1 aliphatic rings. The van der Waals surface area contributed by atoms with E-state index in [2.05, 4.69) is 15.4 Å². The standard InChI is InChI=1S/C13H18N4O6S.ClH/c18-13(12-9-14-7-8-23-12)15-5-6-16-24(21,22)11-3-1-10(2-4-11)17(19)20;/h1-4,12,14,16H,5-9H2,(H,15,18);1H. The summed E-state index contributed by atoms with van der Waals surface area (Å²) in [6.45, 7) is 1.65. The van der Waals surface area contributed by atoms with Crippen LogP contribution in [0.3, 0.4) is 0 Å². The second-order valence-corrected chi connectivity index (χ2v) is 6.77. The van der Waals surface area contributed by atoms with Crippen molar-refractivity contribution in [1.82, 2.24) is 15.4 Å². The highest BCUT2D eigenvalue weighted by Crippen LogP contribution is 2.15. The van der Waals surface area contributed by atoms with E-state index >= 15 is 0 Å². The summed E-state index contributed by atoms with van der Waals surface area (Å²) >= 11 is 0. The van der Waals surface area contributed by atoms with Crippen molar-refractivity contribution >= 4 is 34.0 Å². The molecule has 1 fully saturated rings. The summed E-state index contributed by atoms with van der Waals surface area (Å²) in [7, 11) is -3.79. The molecule has 3 N–H and O–H groups in total. The third kappa shape index (κ3) is 6.21. The minimum atomic E-state index is -3.79. The van der Waals surface area contributed by atoms with Crippen molar-refractivity contribution in [2.45, 2.75) is 11.0 Å². The van der Waals surface area contributed by atoms with Gasteiger partial charge in [0.1, 0.15) is 6.10 Å². The van der Waals surface area contributed by atoms with Gasteiger partial charge in [-0.1, -0.05) is 0 Å². The lowest BCUT2D eigenvalue weighted by atomic mass is 10.3. The molecule has 25 heavy (non-hydrogen) atoms. The SMILES string of the molecule is Cl.O=C(NCCNS(=O)(=O)c1ccc([N+](=O)[O-])cc1)C1CNCCO1. The molecule has 1 amide bonds. The Morgan fingerprint density at radius 3 is 2.56 bits per heavy atom. The van der Waals surface area contributed by atoms with Gasteiger partial charge in [0.25, 0.3) is 11.6 Å².